The maximum Gasteiger partial charge on any atom is 0.228 e. The smallest absolute Gasteiger partial charge is 0.228 e. The minimum atomic E-state index is -0.217. The third-order valence-corrected chi connectivity index (χ3v) is 7.23. The molecule has 0 radical (unpaired) electrons. The zero-order chi connectivity index (χ0) is 17.2. The molecule has 0 saturated carbocycles. The third-order valence-electron chi connectivity index (χ3n) is 6.09. The van der Waals surface area contributed by atoms with E-state index in [1.54, 1.807) is 0 Å². The first kappa shape index (κ1) is 15.9. The fourth-order valence-corrected chi connectivity index (χ4v) is 6.00. The average Bonchev–Trinajstić information content (AvgIpc) is 3.31. The summed E-state index contributed by atoms with van der Waals surface area (Å²) in [6.45, 7) is 11.3. The van der Waals surface area contributed by atoms with Crippen LogP contribution in [0.15, 0.2) is 17.3 Å². The van der Waals surface area contributed by atoms with Gasteiger partial charge in [-0.1, -0.05) is 32.0 Å². The van der Waals surface area contributed by atoms with Gasteiger partial charge in [0.05, 0.1) is 11.4 Å². The number of hydrogen-bond donors (Lipinski definition) is 0. The number of allylic oxidation sites excluding steroid dienone is 1. The third kappa shape index (κ3) is 2.39. The summed E-state index contributed by atoms with van der Waals surface area (Å²) < 4.78 is 0. The normalized spacial score (nSPS) is 35.6. The van der Waals surface area contributed by atoms with Crippen LogP contribution < -0.4 is 0 Å². The molecule has 2 saturated heterocycles. The highest BCUT2D eigenvalue weighted by Gasteiger charge is 2.60. The Bertz CT molecular complexity index is 752. The van der Waals surface area contributed by atoms with E-state index in [-0.39, 0.29) is 5.72 Å². The fourth-order valence-electron chi connectivity index (χ4n) is 4.91. The summed E-state index contributed by atoms with van der Waals surface area (Å²) in [4.78, 5) is 14.0. The van der Waals surface area contributed by atoms with E-state index in [9.17, 15) is 0 Å². The second-order valence-corrected chi connectivity index (χ2v) is 9.70. The Morgan fingerprint density at radius 2 is 2.32 bits per heavy atom. The van der Waals surface area contributed by atoms with E-state index < -0.39 is 0 Å². The highest BCUT2D eigenvalue weighted by molar-refractivity contribution is 7.15. The highest BCUT2D eigenvalue weighted by Crippen LogP contribution is 2.46. The molecule has 3 aliphatic heterocycles. The lowest BCUT2D eigenvalue weighted by molar-refractivity contribution is -0.129. The molecule has 0 aromatic carbocycles. The monoisotopic (exact) mass is 357 g/mol. The summed E-state index contributed by atoms with van der Waals surface area (Å²) >= 11 is 1.87. The van der Waals surface area contributed by atoms with E-state index in [0.717, 1.165) is 25.3 Å². The van der Waals surface area contributed by atoms with Crippen molar-refractivity contribution in [2.24, 2.45) is 22.9 Å². The van der Waals surface area contributed by atoms with E-state index in [0.29, 0.717) is 17.8 Å². The lowest BCUT2D eigenvalue weighted by atomic mass is 9.92. The van der Waals surface area contributed by atoms with Gasteiger partial charge in [0.15, 0.2) is 5.84 Å². The highest BCUT2D eigenvalue weighted by atomic mass is 32.1. The molecule has 2 fully saturated rings. The molecular formula is C20H27N3OS. The molecule has 0 amide bonds. The summed E-state index contributed by atoms with van der Waals surface area (Å²) in [6.07, 6.45) is 6.99. The molecule has 0 N–H and O–H groups in total. The van der Waals surface area contributed by atoms with E-state index >= 15 is 0 Å². The van der Waals surface area contributed by atoms with E-state index in [2.05, 4.69) is 53.9 Å². The second-order valence-electron chi connectivity index (χ2n) is 8.62. The van der Waals surface area contributed by atoms with Gasteiger partial charge in [-0.3, -0.25) is 4.90 Å². The molecule has 134 valence electrons. The SMILES string of the molecule is CC(C)CN1C(c2cc3c(s2)C=CC(C)C3)=NOC12CN1CCC2C1. The van der Waals surface area contributed by atoms with Gasteiger partial charge in [-0.25, -0.2) is 0 Å². The molecule has 4 unspecified atom stereocenters. The van der Waals surface area contributed by atoms with Crippen molar-refractivity contribution in [1.82, 2.24) is 9.80 Å². The molecule has 5 rings (SSSR count). The number of fused-ring (bicyclic) bond motifs is 4. The second kappa shape index (κ2) is 5.58. The molecule has 1 aromatic rings. The van der Waals surface area contributed by atoms with Crippen LogP contribution in [0, 0.1) is 17.8 Å². The van der Waals surface area contributed by atoms with Crippen LogP contribution in [0.2, 0.25) is 0 Å². The molecule has 5 heteroatoms. The number of thiophene rings is 1. The van der Waals surface area contributed by atoms with Gasteiger partial charge < -0.3 is 9.74 Å². The van der Waals surface area contributed by atoms with Gasteiger partial charge in [-0.15, -0.1) is 11.3 Å². The van der Waals surface area contributed by atoms with Crippen LogP contribution in [-0.2, 0) is 11.3 Å². The van der Waals surface area contributed by atoms with Gasteiger partial charge in [0.1, 0.15) is 0 Å². The summed E-state index contributed by atoms with van der Waals surface area (Å²) in [5, 5.41) is 4.66. The maximum atomic E-state index is 6.23. The van der Waals surface area contributed by atoms with E-state index in [1.165, 1.54) is 34.8 Å². The van der Waals surface area contributed by atoms with Crippen LogP contribution in [-0.4, -0.2) is 47.5 Å². The van der Waals surface area contributed by atoms with Crippen molar-refractivity contribution >= 4 is 23.2 Å². The largest absolute Gasteiger partial charge is 0.363 e. The van der Waals surface area contributed by atoms with Crippen LogP contribution in [0.5, 0.6) is 0 Å². The molecule has 4 heterocycles. The van der Waals surface area contributed by atoms with Gasteiger partial charge in [0.2, 0.25) is 5.72 Å². The molecular weight excluding hydrogens is 330 g/mol. The van der Waals surface area contributed by atoms with Gasteiger partial charge in [-0.05, 0) is 48.9 Å². The fraction of sp³-hybridized carbons (Fsp3) is 0.650. The van der Waals surface area contributed by atoms with Crippen molar-refractivity contribution in [3.05, 3.63) is 27.5 Å². The lowest BCUT2D eigenvalue weighted by Crippen LogP contribution is -2.57. The summed E-state index contributed by atoms with van der Waals surface area (Å²) in [5.74, 6) is 2.88. The Labute approximate surface area is 154 Å². The average molecular weight is 358 g/mol. The van der Waals surface area contributed by atoms with Crippen LogP contribution in [0.1, 0.15) is 42.5 Å². The van der Waals surface area contributed by atoms with Crippen LogP contribution in [0.25, 0.3) is 6.08 Å². The number of rotatable bonds is 3. The molecule has 1 aromatic heterocycles. The molecule has 4 aliphatic rings. The lowest BCUT2D eigenvalue weighted by Gasteiger charge is -2.40. The Kier molecular flexibility index (Phi) is 3.55. The molecule has 4 nitrogen and oxygen atoms in total. The van der Waals surface area contributed by atoms with Crippen molar-refractivity contribution in [1.29, 1.82) is 0 Å². The van der Waals surface area contributed by atoms with Crippen molar-refractivity contribution < 1.29 is 4.84 Å². The first-order valence-corrected chi connectivity index (χ1v) is 10.4. The maximum absolute atomic E-state index is 6.23. The van der Waals surface area contributed by atoms with E-state index in [1.807, 2.05) is 11.3 Å². The molecule has 2 bridgehead atoms. The molecule has 1 aliphatic carbocycles. The predicted octanol–water partition coefficient (Wildman–Crippen LogP) is 3.64. The first-order valence-electron chi connectivity index (χ1n) is 9.62. The summed E-state index contributed by atoms with van der Waals surface area (Å²) in [5.41, 5.74) is 1.26. The Balaban J connectivity index is 1.50. The summed E-state index contributed by atoms with van der Waals surface area (Å²) in [6, 6.07) is 2.36. The van der Waals surface area contributed by atoms with Crippen molar-refractivity contribution in [2.45, 2.75) is 39.3 Å². The zero-order valence-corrected chi connectivity index (χ0v) is 16.2. The van der Waals surface area contributed by atoms with Gasteiger partial charge >= 0.3 is 0 Å². The summed E-state index contributed by atoms with van der Waals surface area (Å²) in [7, 11) is 0. The molecule has 1 spiro atoms. The van der Waals surface area contributed by atoms with Crippen molar-refractivity contribution in [3.8, 4) is 0 Å². The number of amidine groups is 1. The first-order chi connectivity index (χ1) is 12.0. The number of nitrogens with zero attached hydrogens (tertiary/aromatic N) is 3. The molecule has 4 atom stereocenters. The Morgan fingerprint density at radius 1 is 1.44 bits per heavy atom. The topological polar surface area (TPSA) is 28.1 Å². The number of piperidine rings is 1. The minimum Gasteiger partial charge on any atom is -0.363 e. The van der Waals surface area contributed by atoms with Crippen LogP contribution in [0.4, 0.5) is 0 Å². The van der Waals surface area contributed by atoms with E-state index in [4.69, 9.17) is 4.84 Å². The molecule has 25 heavy (non-hydrogen) atoms. The number of oxime groups is 1. The van der Waals surface area contributed by atoms with Gasteiger partial charge in [-0.2, -0.15) is 0 Å². The van der Waals surface area contributed by atoms with Crippen molar-refractivity contribution in [3.63, 3.8) is 0 Å². The van der Waals surface area contributed by atoms with Gasteiger partial charge in [0.25, 0.3) is 0 Å². The number of hydrogen-bond acceptors (Lipinski definition) is 5. The minimum absolute atomic E-state index is 0.217. The predicted molar refractivity (Wildman–Crippen MR) is 103 cm³/mol. The van der Waals surface area contributed by atoms with Crippen molar-refractivity contribution in [2.75, 3.05) is 26.2 Å². The zero-order valence-electron chi connectivity index (χ0n) is 15.4. The standard InChI is InChI=1S/C20H27N3OS/c1-13(2)10-23-19(18-9-15-8-14(3)4-5-17(15)25-18)21-24-20(23)12-22-7-6-16(20)11-22/h4-5,9,13-14,16H,6-8,10-12H2,1-3H3. The Morgan fingerprint density at radius 3 is 3.04 bits per heavy atom. The van der Waals surface area contributed by atoms with Gasteiger partial charge in [0, 0.05) is 23.9 Å². The Hall–Kier alpha value is -1.33. The quantitative estimate of drug-likeness (QED) is 0.827. The van der Waals surface area contributed by atoms with Crippen LogP contribution >= 0.6 is 11.3 Å². The van der Waals surface area contributed by atoms with Crippen LogP contribution in [0.3, 0.4) is 0 Å².